The molecule has 1 N–H and O–H groups in total. The van der Waals surface area contributed by atoms with Crippen molar-refractivity contribution in [1.82, 2.24) is 10.2 Å². The van der Waals surface area contributed by atoms with E-state index in [0.29, 0.717) is 24.5 Å². The Kier molecular flexibility index (Phi) is 6.92. The van der Waals surface area contributed by atoms with Gasteiger partial charge < -0.3 is 10.2 Å². The SMILES string of the molecule is C[C@H](NCC(=O)N(C1CCCCC1)C1CCCCC1)c1ccccc1. The van der Waals surface area contributed by atoms with Gasteiger partial charge in [-0.15, -0.1) is 0 Å². The smallest absolute Gasteiger partial charge is 0.237 e. The lowest BCUT2D eigenvalue weighted by Crippen LogP contribution is -2.51. The first-order valence-corrected chi connectivity index (χ1v) is 10.3. The third-order valence-corrected chi connectivity index (χ3v) is 6.08. The second-order valence-electron chi connectivity index (χ2n) is 7.90. The molecule has 0 unspecified atom stereocenters. The standard InChI is InChI=1S/C22H34N2O/c1-18(19-11-5-2-6-12-19)23-17-22(25)24(20-13-7-3-8-14-20)21-15-9-4-10-16-21/h2,5-6,11-12,18,20-21,23H,3-4,7-10,13-17H2,1H3/t18-/m0/s1. The minimum atomic E-state index is 0.213. The van der Waals surface area contributed by atoms with Crippen LogP contribution in [0.1, 0.15) is 82.7 Å². The van der Waals surface area contributed by atoms with Crippen molar-refractivity contribution >= 4 is 5.91 Å². The van der Waals surface area contributed by atoms with Crippen molar-refractivity contribution in [3.63, 3.8) is 0 Å². The van der Waals surface area contributed by atoms with Crippen LogP contribution >= 0.6 is 0 Å². The van der Waals surface area contributed by atoms with E-state index in [0.717, 1.165) is 0 Å². The highest BCUT2D eigenvalue weighted by atomic mass is 16.2. The molecule has 138 valence electrons. The molecule has 25 heavy (non-hydrogen) atoms. The van der Waals surface area contributed by atoms with Crippen LogP contribution < -0.4 is 5.32 Å². The number of hydrogen-bond donors (Lipinski definition) is 1. The molecule has 1 atom stereocenters. The van der Waals surface area contributed by atoms with E-state index in [4.69, 9.17) is 0 Å². The summed E-state index contributed by atoms with van der Waals surface area (Å²) in [5.74, 6) is 0.321. The van der Waals surface area contributed by atoms with E-state index in [-0.39, 0.29) is 6.04 Å². The maximum absolute atomic E-state index is 13.1. The van der Waals surface area contributed by atoms with E-state index >= 15 is 0 Å². The summed E-state index contributed by atoms with van der Waals surface area (Å²) < 4.78 is 0. The van der Waals surface area contributed by atoms with Gasteiger partial charge in [-0.25, -0.2) is 0 Å². The van der Waals surface area contributed by atoms with Crippen molar-refractivity contribution in [3.8, 4) is 0 Å². The molecule has 3 rings (SSSR count). The minimum absolute atomic E-state index is 0.213. The van der Waals surface area contributed by atoms with E-state index < -0.39 is 0 Å². The quantitative estimate of drug-likeness (QED) is 0.803. The maximum Gasteiger partial charge on any atom is 0.237 e. The summed E-state index contributed by atoms with van der Waals surface area (Å²) in [5.41, 5.74) is 1.25. The van der Waals surface area contributed by atoms with Crippen LogP contribution in [0.15, 0.2) is 30.3 Å². The zero-order chi connectivity index (χ0) is 17.5. The molecule has 2 saturated carbocycles. The van der Waals surface area contributed by atoms with Crippen molar-refractivity contribution in [2.24, 2.45) is 0 Å². The number of nitrogens with zero attached hydrogens (tertiary/aromatic N) is 1. The van der Waals surface area contributed by atoms with Gasteiger partial charge in [0.05, 0.1) is 6.54 Å². The Bertz CT molecular complexity index is 500. The third-order valence-electron chi connectivity index (χ3n) is 6.08. The average Bonchev–Trinajstić information content (AvgIpc) is 2.69. The van der Waals surface area contributed by atoms with Gasteiger partial charge in [0.25, 0.3) is 0 Å². The first kappa shape index (κ1) is 18.4. The Morgan fingerprint density at radius 3 is 2.00 bits per heavy atom. The topological polar surface area (TPSA) is 32.3 Å². The fourth-order valence-corrected chi connectivity index (χ4v) is 4.62. The van der Waals surface area contributed by atoms with Gasteiger partial charge in [0.15, 0.2) is 0 Å². The van der Waals surface area contributed by atoms with Gasteiger partial charge in [0, 0.05) is 18.1 Å². The fourth-order valence-electron chi connectivity index (χ4n) is 4.62. The third kappa shape index (κ3) is 5.07. The Hall–Kier alpha value is -1.35. The second-order valence-corrected chi connectivity index (χ2v) is 7.90. The monoisotopic (exact) mass is 342 g/mol. The second kappa shape index (κ2) is 9.38. The van der Waals surface area contributed by atoms with Crippen molar-refractivity contribution < 1.29 is 4.79 Å². The molecule has 0 bridgehead atoms. The van der Waals surface area contributed by atoms with Crippen LogP contribution in [-0.4, -0.2) is 29.4 Å². The molecule has 3 nitrogen and oxygen atoms in total. The van der Waals surface area contributed by atoms with Gasteiger partial charge in [-0.1, -0.05) is 68.9 Å². The van der Waals surface area contributed by atoms with Gasteiger partial charge in [0.2, 0.25) is 5.91 Å². The zero-order valence-electron chi connectivity index (χ0n) is 15.8. The van der Waals surface area contributed by atoms with Crippen LogP contribution in [0.5, 0.6) is 0 Å². The van der Waals surface area contributed by atoms with Crippen LogP contribution in [-0.2, 0) is 4.79 Å². The molecule has 3 heteroatoms. The molecule has 1 amide bonds. The Morgan fingerprint density at radius 2 is 1.48 bits per heavy atom. The summed E-state index contributed by atoms with van der Waals surface area (Å²) in [6.07, 6.45) is 12.6. The number of nitrogens with one attached hydrogen (secondary N) is 1. The summed E-state index contributed by atoms with van der Waals surface area (Å²) >= 11 is 0. The maximum atomic E-state index is 13.1. The van der Waals surface area contributed by atoms with E-state index in [9.17, 15) is 4.79 Å². The van der Waals surface area contributed by atoms with Crippen LogP contribution in [0.4, 0.5) is 0 Å². The molecule has 0 aliphatic heterocycles. The summed E-state index contributed by atoms with van der Waals surface area (Å²) in [4.78, 5) is 15.4. The van der Waals surface area contributed by atoms with Crippen molar-refractivity contribution in [2.45, 2.75) is 89.3 Å². The van der Waals surface area contributed by atoms with Crippen LogP contribution in [0, 0.1) is 0 Å². The molecular weight excluding hydrogens is 308 g/mol. The highest BCUT2D eigenvalue weighted by molar-refractivity contribution is 5.79. The average molecular weight is 343 g/mol. The molecule has 0 saturated heterocycles. The number of benzene rings is 1. The lowest BCUT2D eigenvalue weighted by atomic mass is 9.88. The molecule has 2 fully saturated rings. The fraction of sp³-hybridized carbons (Fsp3) is 0.682. The first-order valence-electron chi connectivity index (χ1n) is 10.3. The Balaban J connectivity index is 1.61. The van der Waals surface area contributed by atoms with Crippen LogP contribution in [0.2, 0.25) is 0 Å². The van der Waals surface area contributed by atoms with Gasteiger partial charge in [0.1, 0.15) is 0 Å². The number of carbonyl (C=O) groups excluding carboxylic acids is 1. The predicted octanol–water partition coefficient (Wildman–Crippen LogP) is 4.83. The van der Waals surface area contributed by atoms with Gasteiger partial charge in [-0.2, -0.15) is 0 Å². The van der Waals surface area contributed by atoms with Gasteiger partial charge in [-0.3, -0.25) is 4.79 Å². The first-order chi connectivity index (χ1) is 12.3. The van der Waals surface area contributed by atoms with E-state index in [2.05, 4.69) is 41.4 Å². The number of hydrogen-bond acceptors (Lipinski definition) is 2. The van der Waals surface area contributed by atoms with Crippen LogP contribution in [0.3, 0.4) is 0 Å². The Morgan fingerprint density at radius 1 is 0.960 bits per heavy atom. The predicted molar refractivity (Wildman–Crippen MR) is 103 cm³/mol. The molecule has 2 aliphatic rings. The molecule has 0 radical (unpaired) electrons. The Labute approximate surface area is 153 Å². The van der Waals surface area contributed by atoms with E-state index in [1.807, 2.05) is 6.07 Å². The van der Waals surface area contributed by atoms with Gasteiger partial charge >= 0.3 is 0 Å². The van der Waals surface area contributed by atoms with E-state index in [1.165, 1.54) is 69.8 Å². The molecule has 1 aromatic rings. The summed E-state index contributed by atoms with van der Waals surface area (Å²) in [7, 11) is 0. The highest BCUT2D eigenvalue weighted by Crippen LogP contribution is 2.30. The minimum Gasteiger partial charge on any atom is -0.336 e. The molecule has 0 spiro atoms. The highest BCUT2D eigenvalue weighted by Gasteiger charge is 2.32. The summed E-state index contributed by atoms with van der Waals surface area (Å²) in [5, 5.41) is 3.47. The molecule has 2 aliphatic carbocycles. The number of carbonyl (C=O) groups is 1. The van der Waals surface area contributed by atoms with Crippen LogP contribution in [0.25, 0.3) is 0 Å². The van der Waals surface area contributed by atoms with Crippen molar-refractivity contribution in [1.29, 1.82) is 0 Å². The molecule has 0 aromatic heterocycles. The molecule has 1 aromatic carbocycles. The van der Waals surface area contributed by atoms with Crippen molar-refractivity contribution in [2.75, 3.05) is 6.54 Å². The lowest BCUT2D eigenvalue weighted by Gasteiger charge is -2.42. The zero-order valence-corrected chi connectivity index (χ0v) is 15.8. The van der Waals surface area contributed by atoms with Crippen molar-refractivity contribution in [3.05, 3.63) is 35.9 Å². The normalized spacial score (nSPS) is 21.0. The number of amides is 1. The largest absolute Gasteiger partial charge is 0.336 e. The molecular formula is C22H34N2O. The lowest BCUT2D eigenvalue weighted by molar-refractivity contribution is -0.137. The number of rotatable bonds is 6. The summed E-state index contributed by atoms with van der Waals surface area (Å²) in [6.45, 7) is 2.61. The van der Waals surface area contributed by atoms with E-state index in [1.54, 1.807) is 0 Å². The summed E-state index contributed by atoms with van der Waals surface area (Å²) in [6, 6.07) is 11.6. The van der Waals surface area contributed by atoms with Gasteiger partial charge in [-0.05, 0) is 38.2 Å². The molecule has 0 heterocycles.